The van der Waals surface area contributed by atoms with Gasteiger partial charge in [-0.15, -0.1) is 0 Å². The number of nitrogens with one attached hydrogen (secondary N) is 1. The summed E-state index contributed by atoms with van der Waals surface area (Å²) in [5, 5.41) is 7.37. The van der Waals surface area contributed by atoms with Crippen molar-refractivity contribution in [1.82, 2.24) is 14.8 Å². The Hall–Kier alpha value is -2.37. The van der Waals surface area contributed by atoms with Crippen LogP contribution in [0, 0.1) is 0 Å². The van der Waals surface area contributed by atoms with Gasteiger partial charge in [0, 0.05) is 12.2 Å². The van der Waals surface area contributed by atoms with Gasteiger partial charge in [-0.1, -0.05) is 12.1 Å². The zero-order valence-corrected chi connectivity index (χ0v) is 12.9. The van der Waals surface area contributed by atoms with Gasteiger partial charge < -0.3 is 11.1 Å². The zero-order chi connectivity index (χ0) is 15.4. The molecule has 2 aromatic rings. The third kappa shape index (κ3) is 3.10. The quantitative estimate of drug-likeness (QED) is 0.669. The lowest BCUT2D eigenvalue weighted by Crippen LogP contribution is -2.24. The van der Waals surface area contributed by atoms with Crippen molar-refractivity contribution >= 4 is 11.6 Å². The van der Waals surface area contributed by atoms with Crippen LogP contribution in [0.3, 0.4) is 0 Å². The number of benzene rings is 1. The minimum Gasteiger partial charge on any atom is -0.370 e. The van der Waals surface area contributed by atoms with Crippen LogP contribution in [0.5, 0.6) is 0 Å². The molecule has 0 bridgehead atoms. The molecule has 22 heavy (non-hydrogen) atoms. The molecule has 0 unspecified atom stereocenters. The number of nitrogens with zero attached hydrogens (tertiary/aromatic N) is 4. The number of hydrogen-bond acceptors (Lipinski definition) is 3. The van der Waals surface area contributed by atoms with Gasteiger partial charge in [-0.05, 0) is 49.8 Å². The second-order valence-corrected chi connectivity index (χ2v) is 5.47. The van der Waals surface area contributed by atoms with Crippen LogP contribution >= 0.6 is 0 Å². The monoisotopic (exact) mass is 298 g/mol. The Bertz CT molecular complexity index is 673. The predicted octanol–water partition coefficient (Wildman–Crippen LogP) is 2.10. The first-order chi connectivity index (χ1) is 10.8. The number of aliphatic imine (C=N–C) groups is 1. The van der Waals surface area contributed by atoms with Gasteiger partial charge in [-0.25, -0.2) is 14.7 Å². The fourth-order valence-corrected chi connectivity index (χ4v) is 2.91. The summed E-state index contributed by atoms with van der Waals surface area (Å²) in [5.41, 5.74) is 9.91. The van der Waals surface area contributed by atoms with E-state index in [0.29, 0.717) is 12.5 Å². The second-order valence-electron chi connectivity index (χ2n) is 5.47. The fraction of sp³-hybridized carbons (Fsp3) is 0.438. The van der Waals surface area contributed by atoms with Crippen LogP contribution in [0.15, 0.2) is 29.5 Å². The van der Waals surface area contributed by atoms with E-state index in [1.54, 1.807) is 6.33 Å². The molecule has 0 saturated carbocycles. The van der Waals surface area contributed by atoms with Crippen LogP contribution in [-0.4, -0.2) is 20.7 Å². The summed E-state index contributed by atoms with van der Waals surface area (Å²) in [4.78, 5) is 8.58. The van der Waals surface area contributed by atoms with E-state index in [9.17, 15) is 0 Å². The number of anilines is 1. The van der Waals surface area contributed by atoms with E-state index in [-0.39, 0.29) is 0 Å². The highest BCUT2D eigenvalue weighted by molar-refractivity contribution is 5.93. The Kier molecular flexibility index (Phi) is 4.37. The second kappa shape index (κ2) is 6.60. The molecule has 116 valence electrons. The van der Waals surface area contributed by atoms with Crippen molar-refractivity contribution in [2.24, 2.45) is 10.7 Å². The van der Waals surface area contributed by atoms with Crippen molar-refractivity contribution in [1.29, 1.82) is 0 Å². The van der Waals surface area contributed by atoms with Gasteiger partial charge >= 0.3 is 0 Å². The zero-order valence-electron chi connectivity index (χ0n) is 12.9. The summed E-state index contributed by atoms with van der Waals surface area (Å²) in [7, 11) is 0. The SMILES string of the molecule is CCn1ncnc1CN=C(N)Nc1cccc2c1CCCC2. The van der Waals surface area contributed by atoms with E-state index in [1.807, 2.05) is 11.6 Å². The lowest BCUT2D eigenvalue weighted by Gasteiger charge is -2.19. The van der Waals surface area contributed by atoms with E-state index in [1.165, 1.54) is 24.0 Å². The van der Waals surface area contributed by atoms with Gasteiger partial charge in [-0.3, -0.25) is 0 Å². The molecular formula is C16H22N6. The molecular weight excluding hydrogens is 276 g/mol. The molecule has 1 heterocycles. The Labute approximate surface area is 130 Å². The molecule has 0 spiro atoms. The fourth-order valence-electron chi connectivity index (χ4n) is 2.91. The molecule has 3 rings (SSSR count). The first-order valence-electron chi connectivity index (χ1n) is 7.82. The maximum absolute atomic E-state index is 6.03. The highest BCUT2D eigenvalue weighted by atomic mass is 15.3. The molecule has 0 fully saturated rings. The predicted molar refractivity (Wildman–Crippen MR) is 87.7 cm³/mol. The van der Waals surface area contributed by atoms with E-state index < -0.39 is 0 Å². The van der Waals surface area contributed by atoms with Gasteiger partial charge in [0.05, 0.1) is 0 Å². The minimum atomic E-state index is 0.421. The topological polar surface area (TPSA) is 81.1 Å². The average Bonchev–Trinajstić information content (AvgIpc) is 3.01. The van der Waals surface area contributed by atoms with Gasteiger partial charge in [-0.2, -0.15) is 5.10 Å². The number of rotatable bonds is 4. The summed E-state index contributed by atoms with van der Waals surface area (Å²) >= 11 is 0. The molecule has 1 aliphatic rings. The van der Waals surface area contributed by atoms with Crippen molar-refractivity contribution in [3.63, 3.8) is 0 Å². The van der Waals surface area contributed by atoms with Crippen LogP contribution in [0.4, 0.5) is 5.69 Å². The van der Waals surface area contributed by atoms with Crippen molar-refractivity contribution < 1.29 is 0 Å². The number of fused-ring (bicyclic) bond motifs is 1. The highest BCUT2D eigenvalue weighted by Gasteiger charge is 2.13. The highest BCUT2D eigenvalue weighted by Crippen LogP contribution is 2.27. The Balaban J connectivity index is 1.71. The summed E-state index contributed by atoms with van der Waals surface area (Å²) in [5.74, 6) is 1.24. The average molecular weight is 298 g/mol. The Morgan fingerprint density at radius 2 is 2.23 bits per heavy atom. The largest absolute Gasteiger partial charge is 0.370 e. The van der Waals surface area contributed by atoms with Crippen molar-refractivity contribution in [3.8, 4) is 0 Å². The van der Waals surface area contributed by atoms with E-state index in [4.69, 9.17) is 5.73 Å². The maximum atomic E-state index is 6.03. The van der Waals surface area contributed by atoms with Crippen molar-refractivity contribution in [3.05, 3.63) is 41.5 Å². The Morgan fingerprint density at radius 3 is 3.09 bits per heavy atom. The van der Waals surface area contributed by atoms with Crippen LogP contribution < -0.4 is 11.1 Å². The van der Waals surface area contributed by atoms with Crippen LogP contribution in [0.2, 0.25) is 0 Å². The Morgan fingerprint density at radius 1 is 1.36 bits per heavy atom. The minimum absolute atomic E-state index is 0.421. The van der Waals surface area contributed by atoms with Gasteiger partial charge in [0.15, 0.2) is 5.96 Å². The standard InChI is InChI=1S/C16H22N6/c1-2-22-15(19-11-20-22)10-18-16(17)21-14-9-5-7-12-6-3-4-8-13(12)14/h5,7,9,11H,2-4,6,8,10H2,1H3,(H3,17,18,21). The third-order valence-electron chi connectivity index (χ3n) is 4.04. The number of nitrogens with two attached hydrogens (primary N) is 1. The summed E-state index contributed by atoms with van der Waals surface area (Å²) < 4.78 is 1.82. The van der Waals surface area contributed by atoms with Crippen LogP contribution in [0.25, 0.3) is 0 Å². The maximum Gasteiger partial charge on any atom is 0.193 e. The molecule has 1 aromatic heterocycles. The molecule has 6 nitrogen and oxygen atoms in total. The first-order valence-corrected chi connectivity index (χ1v) is 7.82. The third-order valence-corrected chi connectivity index (χ3v) is 4.04. The van der Waals surface area contributed by atoms with Crippen LogP contribution in [-0.2, 0) is 25.9 Å². The summed E-state index contributed by atoms with van der Waals surface area (Å²) in [6, 6.07) is 6.35. The summed E-state index contributed by atoms with van der Waals surface area (Å²) in [6.07, 6.45) is 6.32. The molecule has 6 heteroatoms. The molecule has 0 saturated heterocycles. The number of aryl methyl sites for hydroxylation is 2. The molecule has 0 atom stereocenters. The van der Waals surface area contributed by atoms with E-state index in [0.717, 1.165) is 30.9 Å². The normalized spacial score (nSPS) is 14.7. The van der Waals surface area contributed by atoms with Crippen LogP contribution in [0.1, 0.15) is 36.7 Å². The van der Waals surface area contributed by atoms with Crippen molar-refractivity contribution in [2.45, 2.75) is 45.7 Å². The number of aromatic nitrogens is 3. The first kappa shape index (κ1) is 14.6. The van der Waals surface area contributed by atoms with E-state index in [2.05, 4.69) is 38.6 Å². The van der Waals surface area contributed by atoms with Gasteiger partial charge in [0.25, 0.3) is 0 Å². The van der Waals surface area contributed by atoms with E-state index >= 15 is 0 Å². The number of guanidine groups is 1. The van der Waals surface area contributed by atoms with Gasteiger partial charge in [0.2, 0.25) is 0 Å². The summed E-state index contributed by atoms with van der Waals surface area (Å²) in [6.45, 7) is 3.24. The molecule has 0 radical (unpaired) electrons. The number of hydrogen-bond donors (Lipinski definition) is 2. The lowest BCUT2D eigenvalue weighted by atomic mass is 9.90. The molecule has 0 amide bonds. The molecule has 3 N–H and O–H groups in total. The lowest BCUT2D eigenvalue weighted by molar-refractivity contribution is 0.616. The smallest absolute Gasteiger partial charge is 0.193 e. The van der Waals surface area contributed by atoms with Gasteiger partial charge in [0.1, 0.15) is 18.7 Å². The molecule has 1 aliphatic carbocycles. The van der Waals surface area contributed by atoms with Crippen molar-refractivity contribution in [2.75, 3.05) is 5.32 Å². The molecule has 1 aromatic carbocycles. The molecule has 0 aliphatic heterocycles.